The van der Waals surface area contributed by atoms with Crippen LogP contribution in [0, 0.1) is 0 Å². The summed E-state index contributed by atoms with van der Waals surface area (Å²) in [7, 11) is 0. The van der Waals surface area contributed by atoms with E-state index >= 15 is 0 Å². The fourth-order valence-corrected chi connectivity index (χ4v) is 3.42. The number of amides is 1. The number of rotatable bonds is 6. The van der Waals surface area contributed by atoms with Gasteiger partial charge in [-0.3, -0.25) is 4.79 Å². The van der Waals surface area contributed by atoms with Gasteiger partial charge in [0, 0.05) is 29.3 Å². The van der Waals surface area contributed by atoms with Crippen LogP contribution in [0.5, 0.6) is 0 Å². The van der Waals surface area contributed by atoms with E-state index in [1.54, 1.807) is 11.8 Å². The van der Waals surface area contributed by atoms with E-state index in [-0.39, 0.29) is 5.91 Å². The highest BCUT2D eigenvalue weighted by Gasteiger charge is 2.08. The minimum atomic E-state index is -0.00552. The van der Waals surface area contributed by atoms with Crippen molar-refractivity contribution in [2.24, 2.45) is 0 Å². The summed E-state index contributed by atoms with van der Waals surface area (Å²) in [5, 5.41) is 6.28. The van der Waals surface area contributed by atoms with Crippen LogP contribution >= 0.6 is 11.8 Å². The molecule has 0 aromatic heterocycles. The van der Waals surface area contributed by atoms with Gasteiger partial charge < -0.3 is 10.6 Å². The van der Waals surface area contributed by atoms with Gasteiger partial charge in [0.25, 0.3) is 5.91 Å². The Hall–Kier alpha value is -2.04. The first-order valence-electron chi connectivity index (χ1n) is 8.25. The summed E-state index contributed by atoms with van der Waals surface area (Å²) in [6.45, 7) is 2.54. The molecule has 1 aliphatic heterocycles. The lowest BCUT2D eigenvalue weighted by molar-refractivity contribution is 0.0956. The van der Waals surface area contributed by atoms with E-state index in [9.17, 15) is 4.79 Å². The Morgan fingerprint density at radius 3 is 2.58 bits per heavy atom. The lowest BCUT2D eigenvalue weighted by Crippen LogP contribution is -2.29. The standard InChI is InChI=1S/C20H22N2OS/c23-20(22-14-16-10-12-21-13-11-16)18-6-8-19(9-7-18)24-15-17-4-2-1-3-5-17/h1-10,21H,11-15H2,(H,22,23). The van der Waals surface area contributed by atoms with Crippen molar-refractivity contribution in [1.82, 2.24) is 10.6 Å². The molecule has 2 N–H and O–H groups in total. The highest BCUT2D eigenvalue weighted by atomic mass is 32.2. The lowest BCUT2D eigenvalue weighted by Gasteiger charge is -2.14. The van der Waals surface area contributed by atoms with Crippen molar-refractivity contribution in [3.63, 3.8) is 0 Å². The molecule has 0 atom stereocenters. The topological polar surface area (TPSA) is 41.1 Å². The predicted octanol–water partition coefficient (Wildman–Crippen LogP) is 3.63. The summed E-state index contributed by atoms with van der Waals surface area (Å²) < 4.78 is 0. The first-order valence-corrected chi connectivity index (χ1v) is 9.23. The summed E-state index contributed by atoms with van der Waals surface area (Å²) in [6.07, 6.45) is 3.17. The van der Waals surface area contributed by atoms with E-state index in [1.807, 2.05) is 30.3 Å². The van der Waals surface area contributed by atoms with E-state index in [1.165, 1.54) is 16.0 Å². The van der Waals surface area contributed by atoms with Crippen molar-refractivity contribution < 1.29 is 4.79 Å². The third-order valence-electron chi connectivity index (χ3n) is 4.00. The molecule has 2 aromatic carbocycles. The van der Waals surface area contributed by atoms with Gasteiger partial charge >= 0.3 is 0 Å². The van der Waals surface area contributed by atoms with Crippen LogP contribution in [-0.2, 0) is 5.75 Å². The van der Waals surface area contributed by atoms with Gasteiger partial charge in [0.1, 0.15) is 0 Å². The number of thioether (sulfide) groups is 1. The molecule has 0 fully saturated rings. The van der Waals surface area contributed by atoms with Crippen molar-refractivity contribution in [2.75, 3.05) is 19.6 Å². The Balaban J connectivity index is 1.50. The normalized spacial score (nSPS) is 14.1. The van der Waals surface area contributed by atoms with E-state index < -0.39 is 0 Å². The zero-order chi connectivity index (χ0) is 16.6. The van der Waals surface area contributed by atoms with Gasteiger partial charge in [0.15, 0.2) is 0 Å². The van der Waals surface area contributed by atoms with Crippen LogP contribution in [0.3, 0.4) is 0 Å². The monoisotopic (exact) mass is 338 g/mol. The van der Waals surface area contributed by atoms with Crippen LogP contribution in [0.1, 0.15) is 22.3 Å². The average molecular weight is 338 g/mol. The van der Waals surface area contributed by atoms with Crippen LogP contribution in [0.15, 0.2) is 71.1 Å². The fourth-order valence-electron chi connectivity index (χ4n) is 2.57. The molecule has 24 heavy (non-hydrogen) atoms. The zero-order valence-corrected chi connectivity index (χ0v) is 14.4. The van der Waals surface area contributed by atoms with Gasteiger partial charge in [-0.25, -0.2) is 0 Å². The molecule has 1 amide bonds. The summed E-state index contributed by atoms with van der Waals surface area (Å²) in [5.41, 5.74) is 3.32. The number of carbonyl (C=O) groups is 1. The molecule has 3 nitrogen and oxygen atoms in total. The summed E-state index contributed by atoms with van der Waals surface area (Å²) in [6, 6.07) is 18.2. The summed E-state index contributed by atoms with van der Waals surface area (Å²) >= 11 is 1.78. The third-order valence-corrected chi connectivity index (χ3v) is 5.08. The molecule has 0 radical (unpaired) electrons. The van der Waals surface area contributed by atoms with Crippen molar-refractivity contribution >= 4 is 17.7 Å². The maximum Gasteiger partial charge on any atom is 0.251 e. The smallest absolute Gasteiger partial charge is 0.251 e. The van der Waals surface area contributed by atoms with Gasteiger partial charge in [0.2, 0.25) is 0 Å². The Morgan fingerprint density at radius 1 is 1.08 bits per heavy atom. The molecule has 1 heterocycles. The number of hydrogen-bond acceptors (Lipinski definition) is 3. The van der Waals surface area contributed by atoms with E-state index in [0.717, 1.165) is 25.3 Å². The average Bonchev–Trinajstić information content (AvgIpc) is 2.66. The van der Waals surface area contributed by atoms with Crippen molar-refractivity contribution in [3.05, 3.63) is 77.4 Å². The Kier molecular flexibility index (Phi) is 6.10. The molecule has 0 saturated carbocycles. The molecular weight excluding hydrogens is 316 g/mol. The minimum Gasteiger partial charge on any atom is -0.348 e. The second kappa shape index (κ2) is 8.71. The molecule has 124 valence electrons. The number of benzene rings is 2. The first-order chi connectivity index (χ1) is 11.8. The van der Waals surface area contributed by atoms with E-state index in [0.29, 0.717) is 12.1 Å². The van der Waals surface area contributed by atoms with Crippen LogP contribution in [-0.4, -0.2) is 25.5 Å². The predicted molar refractivity (Wildman–Crippen MR) is 100 cm³/mol. The molecular formula is C20H22N2OS. The molecule has 0 aliphatic carbocycles. The van der Waals surface area contributed by atoms with Gasteiger partial charge in [-0.15, -0.1) is 11.8 Å². The van der Waals surface area contributed by atoms with Gasteiger partial charge in [0.05, 0.1) is 0 Å². The van der Waals surface area contributed by atoms with Gasteiger partial charge in [-0.2, -0.15) is 0 Å². The van der Waals surface area contributed by atoms with Crippen LogP contribution in [0.25, 0.3) is 0 Å². The van der Waals surface area contributed by atoms with Crippen LogP contribution < -0.4 is 10.6 Å². The Morgan fingerprint density at radius 2 is 1.88 bits per heavy atom. The molecule has 0 saturated heterocycles. The number of nitrogens with one attached hydrogen (secondary N) is 2. The van der Waals surface area contributed by atoms with Crippen molar-refractivity contribution in [3.8, 4) is 0 Å². The molecule has 3 rings (SSSR count). The molecule has 1 aliphatic rings. The summed E-state index contributed by atoms with van der Waals surface area (Å²) in [5.74, 6) is 0.934. The number of hydrogen-bond donors (Lipinski definition) is 2. The fraction of sp³-hybridized carbons (Fsp3) is 0.250. The zero-order valence-electron chi connectivity index (χ0n) is 13.6. The Bertz CT molecular complexity index is 695. The lowest BCUT2D eigenvalue weighted by atomic mass is 10.1. The molecule has 2 aromatic rings. The highest BCUT2D eigenvalue weighted by Crippen LogP contribution is 2.23. The number of carbonyl (C=O) groups excluding carboxylic acids is 1. The van der Waals surface area contributed by atoms with Crippen LogP contribution in [0.2, 0.25) is 0 Å². The van der Waals surface area contributed by atoms with E-state index in [4.69, 9.17) is 0 Å². The molecule has 4 heteroatoms. The second-order valence-corrected chi connectivity index (χ2v) is 6.85. The SMILES string of the molecule is O=C(NCC1=CCNCC1)c1ccc(SCc2ccccc2)cc1. The van der Waals surface area contributed by atoms with Crippen molar-refractivity contribution in [2.45, 2.75) is 17.1 Å². The van der Waals surface area contributed by atoms with Gasteiger partial charge in [-0.05, 0) is 42.8 Å². The second-order valence-electron chi connectivity index (χ2n) is 5.80. The maximum absolute atomic E-state index is 12.2. The van der Waals surface area contributed by atoms with Crippen LogP contribution in [0.4, 0.5) is 0 Å². The largest absolute Gasteiger partial charge is 0.348 e. The Labute approximate surface area is 147 Å². The first kappa shape index (κ1) is 16.8. The highest BCUT2D eigenvalue weighted by molar-refractivity contribution is 7.98. The van der Waals surface area contributed by atoms with Gasteiger partial charge in [-0.1, -0.05) is 42.0 Å². The quantitative estimate of drug-likeness (QED) is 0.624. The van der Waals surface area contributed by atoms with E-state index in [2.05, 4.69) is 41.0 Å². The molecule has 0 spiro atoms. The maximum atomic E-state index is 12.2. The summed E-state index contributed by atoms with van der Waals surface area (Å²) in [4.78, 5) is 13.4. The molecule has 0 bridgehead atoms. The third kappa shape index (κ3) is 4.98. The minimum absolute atomic E-state index is 0.00552. The van der Waals surface area contributed by atoms with Crippen molar-refractivity contribution in [1.29, 1.82) is 0 Å². The molecule has 0 unspecified atom stereocenters.